The smallest absolute Gasteiger partial charge is 0.285 e. The number of piperidine rings is 1. The first-order valence-electron chi connectivity index (χ1n) is 11.1. The minimum Gasteiger partial charge on any atom is -0.355 e. The Morgan fingerprint density at radius 3 is 2.70 bits per heavy atom. The molecule has 2 aliphatic heterocycles. The third kappa shape index (κ3) is 4.41. The van der Waals surface area contributed by atoms with Crippen LogP contribution in [-0.4, -0.2) is 54.5 Å². The van der Waals surface area contributed by atoms with Gasteiger partial charge in [0.2, 0.25) is 5.91 Å². The highest BCUT2D eigenvalue weighted by Gasteiger charge is 2.35. The molecular weight excluding hydrogens is 438 g/mol. The Kier molecular flexibility index (Phi) is 5.72. The van der Waals surface area contributed by atoms with Crippen LogP contribution in [0.4, 0.5) is 0 Å². The summed E-state index contributed by atoms with van der Waals surface area (Å²) in [5.74, 6) is 0.227. The van der Waals surface area contributed by atoms with Crippen molar-refractivity contribution in [2.45, 2.75) is 24.2 Å². The molecule has 1 amide bonds. The molecule has 0 radical (unpaired) electrons. The molecule has 1 N–H and O–H groups in total. The molecule has 33 heavy (non-hydrogen) atoms. The molecule has 3 heterocycles. The van der Waals surface area contributed by atoms with Crippen molar-refractivity contribution < 1.29 is 13.2 Å². The fraction of sp³-hybridized carbons (Fsp3) is 0.292. The van der Waals surface area contributed by atoms with E-state index in [1.807, 2.05) is 58.2 Å². The number of fused-ring (bicyclic) bond motifs is 1. The van der Waals surface area contributed by atoms with E-state index in [2.05, 4.69) is 14.8 Å². The molecular formula is C24H25N5O3S. The van der Waals surface area contributed by atoms with Crippen LogP contribution >= 0.6 is 0 Å². The number of likely N-dealkylation sites (tertiary alicyclic amines) is 1. The largest absolute Gasteiger partial charge is 0.355 e. The van der Waals surface area contributed by atoms with Gasteiger partial charge in [0.1, 0.15) is 4.90 Å². The van der Waals surface area contributed by atoms with E-state index in [0.29, 0.717) is 37.5 Å². The highest BCUT2D eigenvalue weighted by molar-refractivity contribution is 7.90. The molecule has 1 atom stereocenters. The van der Waals surface area contributed by atoms with Gasteiger partial charge in [-0.1, -0.05) is 30.3 Å². The number of amidine groups is 1. The van der Waals surface area contributed by atoms with Crippen molar-refractivity contribution in [1.82, 2.24) is 20.0 Å². The summed E-state index contributed by atoms with van der Waals surface area (Å²) in [5.41, 5.74) is 2.52. The van der Waals surface area contributed by atoms with Gasteiger partial charge in [-0.05, 0) is 43.2 Å². The Hall–Kier alpha value is -3.46. The van der Waals surface area contributed by atoms with Crippen molar-refractivity contribution in [1.29, 1.82) is 0 Å². The van der Waals surface area contributed by atoms with Gasteiger partial charge in [-0.2, -0.15) is 13.5 Å². The number of carbonyl (C=O) groups excluding carboxylic acids is 1. The Bertz CT molecular complexity index is 1300. The SMILES string of the molecule is O=C(NCCc1ccn(-c2ccccc2)n1)C1CCCN(C2=NS(=O)(=O)c3ccccc32)C1. The molecule has 1 unspecified atom stereocenters. The highest BCUT2D eigenvalue weighted by atomic mass is 32.2. The van der Waals surface area contributed by atoms with Crippen LogP contribution in [0, 0.1) is 5.92 Å². The number of nitrogens with zero attached hydrogens (tertiary/aromatic N) is 4. The molecule has 0 bridgehead atoms. The summed E-state index contributed by atoms with van der Waals surface area (Å²) >= 11 is 0. The van der Waals surface area contributed by atoms with Crippen molar-refractivity contribution in [2.75, 3.05) is 19.6 Å². The molecule has 1 aromatic heterocycles. The molecule has 0 saturated carbocycles. The van der Waals surface area contributed by atoms with Gasteiger partial charge >= 0.3 is 0 Å². The van der Waals surface area contributed by atoms with Crippen molar-refractivity contribution in [3.05, 3.63) is 78.1 Å². The molecule has 9 heteroatoms. The summed E-state index contributed by atoms with van der Waals surface area (Å²) in [6.45, 7) is 1.64. The van der Waals surface area contributed by atoms with Crippen molar-refractivity contribution >= 4 is 21.8 Å². The first-order chi connectivity index (χ1) is 16.0. The standard InChI is InChI=1S/C24H25N5O3S/c30-24(25-14-12-19-13-16-29(26-19)20-8-2-1-3-9-20)18-7-6-15-28(17-18)23-21-10-4-5-11-22(21)33(31,32)27-23/h1-5,8-11,13,16,18H,6-7,12,14-15,17H2,(H,25,30). The van der Waals surface area contributed by atoms with Crippen LogP contribution in [0.2, 0.25) is 0 Å². The maximum atomic E-state index is 12.8. The lowest BCUT2D eigenvalue weighted by atomic mass is 9.96. The number of hydrogen-bond acceptors (Lipinski definition) is 5. The van der Waals surface area contributed by atoms with E-state index in [0.717, 1.165) is 24.2 Å². The molecule has 1 fully saturated rings. The number of hydrogen-bond donors (Lipinski definition) is 1. The zero-order chi connectivity index (χ0) is 22.8. The summed E-state index contributed by atoms with van der Waals surface area (Å²) < 4.78 is 30.6. The number of aromatic nitrogens is 2. The predicted octanol–water partition coefficient (Wildman–Crippen LogP) is 2.39. The number of rotatable bonds is 5. The number of para-hydroxylation sites is 1. The van der Waals surface area contributed by atoms with Gasteiger partial charge < -0.3 is 10.2 Å². The van der Waals surface area contributed by atoms with Gasteiger partial charge in [0.05, 0.1) is 17.3 Å². The molecule has 2 aliphatic rings. The number of benzene rings is 2. The molecule has 8 nitrogen and oxygen atoms in total. The summed E-state index contributed by atoms with van der Waals surface area (Å²) in [7, 11) is -3.67. The van der Waals surface area contributed by atoms with Crippen LogP contribution in [0.3, 0.4) is 0 Å². The van der Waals surface area contributed by atoms with Gasteiger partial charge in [0.15, 0.2) is 5.84 Å². The average molecular weight is 464 g/mol. The van der Waals surface area contributed by atoms with E-state index in [4.69, 9.17) is 0 Å². The molecule has 0 aliphatic carbocycles. The fourth-order valence-electron chi connectivity index (χ4n) is 4.38. The predicted molar refractivity (Wildman–Crippen MR) is 125 cm³/mol. The normalized spacial score (nSPS) is 19.1. The Morgan fingerprint density at radius 2 is 1.85 bits per heavy atom. The van der Waals surface area contributed by atoms with E-state index in [1.165, 1.54) is 0 Å². The van der Waals surface area contributed by atoms with E-state index in [-0.39, 0.29) is 16.7 Å². The molecule has 2 aromatic carbocycles. The lowest BCUT2D eigenvalue weighted by molar-refractivity contribution is -0.126. The number of nitrogens with one attached hydrogen (secondary N) is 1. The monoisotopic (exact) mass is 463 g/mol. The third-order valence-corrected chi connectivity index (χ3v) is 7.37. The molecule has 3 aromatic rings. The highest BCUT2D eigenvalue weighted by Crippen LogP contribution is 2.29. The Labute approximate surface area is 193 Å². The maximum absolute atomic E-state index is 12.8. The van der Waals surface area contributed by atoms with E-state index in [1.54, 1.807) is 18.2 Å². The quantitative estimate of drug-likeness (QED) is 0.627. The number of sulfonamides is 1. The lowest BCUT2D eigenvalue weighted by Crippen LogP contribution is -2.45. The number of carbonyl (C=O) groups is 1. The van der Waals surface area contributed by atoms with Gasteiger partial charge in [-0.15, -0.1) is 4.40 Å². The van der Waals surface area contributed by atoms with Crippen molar-refractivity contribution in [3.63, 3.8) is 0 Å². The summed E-state index contributed by atoms with van der Waals surface area (Å²) in [6.07, 6.45) is 4.13. The average Bonchev–Trinajstić information content (AvgIpc) is 3.42. The Balaban J connectivity index is 1.18. The zero-order valence-electron chi connectivity index (χ0n) is 18.1. The maximum Gasteiger partial charge on any atom is 0.285 e. The van der Waals surface area contributed by atoms with Crippen LogP contribution in [-0.2, 0) is 21.2 Å². The minimum atomic E-state index is -3.67. The topological polar surface area (TPSA) is 96.7 Å². The van der Waals surface area contributed by atoms with Gasteiger partial charge in [0, 0.05) is 37.8 Å². The second kappa shape index (κ2) is 8.82. The molecule has 1 saturated heterocycles. The molecule has 170 valence electrons. The van der Waals surface area contributed by atoms with Crippen LogP contribution in [0.25, 0.3) is 5.69 Å². The van der Waals surface area contributed by atoms with Crippen molar-refractivity contribution in [3.8, 4) is 5.69 Å². The van der Waals surface area contributed by atoms with Crippen LogP contribution in [0.5, 0.6) is 0 Å². The van der Waals surface area contributed by atoms with Gasteiger partial charge in [-0.3, -0.25) is 4.79 Å². The second-order valence-electron chi connectivity index (χ2n) is 8.30. The van der Waals surface area contributed by atoms with E-state index in [9.17, 15) is 13.2 Å². The summed E-state index contributed by atoms with van der Waals surface area (Å²) in [6, 6.07) is 18.7. The first-order valence-corrected chi connectivity index (χ1v) is 12.5. The number of amides is 1. The van der Waals surface area contributed by atoms with Crippen molar-refractivity contribution in [2.24, 2.45) is 10.3 Å². The Morgan fingerprint density at radius 1 is 1.06 bits per heavy atom. The van der Waals surface area contributed by atoms with Crippen LogP contribution in [0.1, 0.15) is 24.1 Å². The molecule has 0 spiro atoms. The minimum absolute atomic E-state index is 0.0167. The zero-order valence-corrected chi connectivity index (χ0v) is 18.9. The van der Waals surface area contributed by atoms with Gasteiger partial charge in [0.25, 0.3) is 10.0 Å². The lowest BCUT2D eigenvalue weighted by Gasteiger charge is -2.33. The van der Waals surface area contributed by atoms with E-state index < -0.39 is 10.0 Å². The van der Waals surface area contributed by atoms with Crippen LogP contribution < -0.4 is 5.32 Å². The first kappa shape index (κ1) is 21.4. The second-order valence-corrected chi connectivity index (χ2v) is 9.87. The van der Waals surface area contributed by atoms with Gasteiger partial charge in [-0.25, -0.2) is 4.68 Å². The van der Waals surface area contributed by atoms with E-state index >= 15 is 0 Å². The summed E-state index contributed by atoms with van der Waals surface area (Å²) in [4.78, 5) is 15.0. The summed E-state index contributed by atoms with van der Waals surface area (Å²) in [5, 5.41) is 7.60. The molecule has 5 rings (SSSR count). The fourth-order valence-corrected chi connectivity index (χ4v) is 5.61. The van der Waals surface area contributed by atoms with Crippen LogP contribution in [0.15, 0.2) is 76.2 Å². The third-order valence-electron chi connectivity index (χ3n) is 6.05.